The molecule has 0 amide bonds. The molecule has 0 aliphatic rings. The maximum absolute atomic E-state index is 13.2. The third kappa shape index (κ3) is 4.85. The van der Waals surface area contributed by atoms with Crippen molar-refractivity contribution in [2.75, 3.05) is 13.1 Å². The van der Waals surface area contributed by atoms with Crippen molar-refractivity contribution in [2.45, 2.75) is 38.5 Å². The number of nitrogens with two attached hydrogens (primary N) is 1. The van der Waals surface area contributed by atoms with E-state index in [0.29, 0.717) is 18.7 Å². The van der Waals surface area contributed by atoms with Crippen LogP contribution in [0.4, 0.5) is 4.39 Å². The SMILES string of the molecule is Cc1ccc(F)cc1S(=O)(=O)NCC(C)(C)CCCN. The number of benzene rings is 1. The topological polar surface area (TPSA) is 72.2 Å². The lowest BCUT2D eigenvalue weighted by Gasteiger charge is -2.24. The van der Waals surface area contributed by atoms with Crippen molar-refractivity contribution in [3.05, 3.63) is 29.6 Å². The van der Waals surface area contributed by atoms with Crippen molar-refractivity contribution in [3.63, 3.8) is 0 Å². The minimum absolute atomic E-state index is 0.00729. The van der Waals surface area contributed by atoms with Gasteiger partial charge < -0.3 is 5.73 Å². The van der Waals surface area contributed by atoms with Crippen LogP contribution in [0.5, 0.6) is 0 Å². The number of aryl methyl sites for hydroxylation is 1. The number of hydrogen-bond acceptors (Lipinski definition) is 3. The van der Waals surface area contributed by atoms with E-state index in [1.807, 2.05) is 13.8 Å². The van der Waals surface area contributed by atoms with Crippen molar-refractivity contribution in [1.82, 2.24) is 4.72 Å². The zero-order valence-corrected chi connectivity index (χ0v) is 13.1. The van der Waals surface area contributed by atoms with Gasteiger partial charge in [-0.3, -0.25) is 0 Å². The van der Waals surface area contributed by atoms with Gasteiger partial charge in [0.25, 0.3) is 0 Å². The minimum atomic E-state index is -3.69. The Morgan fingerprint density at radius 3 is 2.60 bits per heavy atom. The fourth-order valence-corrected chi connectivity index (χ4v) is 3.40. The first kappa shape index (κ1) is 17.1. The van der Waals surface area contributed by atoms with E-state index in [2.05, 4.69) is 4.72 Å². The zero-order chi connectivity index (χ0) is 15.4. The summed E-state index contributed by atoms with van der Waals surface area (Å²) in [5, 5.41) is 0. The molecule has 0 heterocycles. The van der Waals surface area contributed by atoms with Crippen LogP contribution in [0.1, 0.15) is 32.3 Å². The van der Waals surface area contributed by atoms with Crippen molar-refractivity contribution in [2.24, 2.45) is 11.1 Å². The summed E-state index contributed by atoms with van der Waals surface area (Å²) in [6, 6.07) is 3.76. The van der Waals surface area contributed by atoms with E-state index in [0.717, 1.165) is 18.9 Å². The van der Waals surface area contributed by atoms with Crippen LogP contribution in [0.25, 0.3) is 0 Å². The zero-order valence-electron chi connectivity index (χ0n) is 12.2. The van der Waals surface area contributed by atoms with Crippen LogP contribution in [-0.4, -0.2) is 21.5 Å². The standard InChI is InChI=1S/C14H23FN2O2S/c1-11-5-6-12(15)9-13(11)20(18,19)17-10-14(2,3)7-4-8-16/h5-6,9,17H,4,7-8,10,16H2,1-3H3. The van der Waals surface area contributed by atoms with Crippen molar-refractivity contribution in [3.8, 4) is 0 Å². The Balaban J connectivity index is 2.83. The molecule has 0 saturated carbocycles. The molecule has 0 fully saturated rings. The van der Waals surface area contributed by atoms with Crippen molar-refractivity contribution < 1.29 is 12.8 Å². The maximum Gasteiger partial charge on any atom is 0.240 e. The predicted molar refractivity (Wildman–Crippen MR) is 78.4 cm³/mol. The highest BCUT2D eigenvalue weighted by molar-refractivity contribution is 7.89. The molecule has 0 aliphatic carbocycles. The average Bonchev–Trinajstić information content (AvgIpc) is 2.37. The maximum atomic E-state index is 13.2. The summed E-state index contributed by atoms with van der Waals surface area (Å²) in [5.41, 5.74) is 5.80. The number of nitrogens with one attached hydrogen (secondary N) is 1. The molecule has 114 valence electrons. The first-order chi connectivity index (χ1) is 9.18. The van der Waals surface area contributed by atoms with E-state index >= 15 is 0 Å². The van der Waals surface area contributed by atoms with Gasteiger partial charge in [0, 0.05) is 6.54 Å². The third-order valence-electron chi connectivity index (χ3n) is 3.24. The summed E-state index contributed by atoms with van der Waals surface area (Å²) in [4.78, 5) is -0.00729. The van der Waals surface area contributed by atoms with Crippen molar-refractivity contribution in [1.29, 1.82) is 0 Å². The van der Waals surface area contributed by atoms with E-state index in [9.17, 15) is 12.8 Å². The van der Waals surface area contributed by atoms with Gasteiger partial charge in [0.15, 0.2) is 0 Å². The van der Waals surface area contributed by atoms with Gasteiger partial charge in [-0.2, -0.15) is 0 Å². The lowest BCUT2D eigenvalue weighted by molar-refractivity contribution is 0.327. The Bertz CT molecular complexity index is 556. The molecule has 0 aromatic heterocycles. The van der Waals surface area contributed by atoms with Gasteiger partial charge in [0.1, 0.15) is 5.82 Å². The first-order valence-electron chi connectivity index (χ1n) is 6.64. The Morgan fingerprint density at radius 1 is 1.35 bits per heavy atom. The first-order valence-corrected chi connectivity index (χ1v) is 8.12. The van der Waals surface area contributed by atoms with E-state index in [1.165, 1.54) is 12.1 Å². The van der Waals surface area contributed by atoms with Gasteiger partial charge in [-0.05, 0) is 49.4 Å². The molecule has 0 radical (unpaired) electrons. The fourth-order valence-electron chi connectivity index (χ4n) is 1.90. The normalized spacial score (nSPS) is 12.7. The van der Waals surface area contributed by atoms with Crippen LogP contribution in [0, 0.1) is 18.2 Å². The summed E-state index contributed by atoms with van der Waals surface area (Å²) in [7, 11) is -3.69. The Labute approximate surface area is 120 Å². The van der Waals surface area contributed by atoms with Crippen molar-refractivity contribution >= 4 is 10.0 Å². The van der Waals surface area contributed by atoms with Gasteiger partial charge in [-0.1, -0.05) is 19.9 Å². The molecule has 20 heavy (non-hydrogen) atoms. The molecule has 0 aliphatic heterocycles. The molecule has 1 aromatic rings. The van der Waals surface area contributed by atoms with E-state index in [-0.39, 0.29) is 10.3 Å². The van der Waals surface area contributed by atoms with Crippen LogP contribution in [-0.2, 0) is 10.0 Å². The quantitative estimate of drug-likeness (QED) is 0.811. The summed E-state index contributed by atoms with van der Waals surface area (Å²) in [6.45, 7) is 6.48. The van der Waals surface area contributed by atoms with Gasteiger partial charge in [-0.15, -0.1) is 0 Å². The van der Waals surface area contributed by atoms with Crippen LogP contribution in [0.3, 0.4) is 0 Å². The summed E-state index contributed by atoms with van der Waals surface area (Å²) < 4.78 is 40.2. The molecule has 0 spiro atoms. The monoisotopic (exact) mass is 302 g/mol. The summed E-state index contributed by atoms with van der Waals surface area (Å²) >= 11 is 0. The summed E-state index contributed by atoms with van der Waals surface area (Å²) in [5.74, 6) is -0.557. The molecule has 1 rings (SSSR count). The van der Waals surface area contributed by atoms with Gasteiger partial charge in [-0.25, -0.2) is 17.5 Å². The number of hydrogen-bond donors (Lipinski definition) is 2. The molecule has 3 N–H and O–H groups in total. The van der Waals surface area contributed by atoms with Crippen LogP contribution < -0.4 is 10.5 Å². The third-order valence-corrected chi connectivity index (χ3v) is 4.78. The largest absolute Gasteiger partial charge is 0.330 e. The summed E-state index contributed by atoms with van der Waals surface area (Å²) in [6.07, 6.45) is 1.67. The van der Waals surface area contributed by atoms with E-state index in [1.54, 1.807) is 6.92 Å². The Kier molecular flexibility index (Phi) is 5.68. The highest BCUT2D eigenvalue weighted by Gasteiger charge is 2.23. The second-order valence-electron chi connectivity index (χ2n) is 5.79. The average molecular weight is 302 g/mol. The molecule has 4 nitrogen and oxygen atoms in total. The van der Waals surface area contributed by atoms with Gasteiger partial charge in [0.2, 0.25) is 10.0 Å². The molecular formula is C14H23FN2O2S. The number of sulfonamides is 1. The smallest absolute Gasteiger partial charge is 0.240 e. The molecule has 0 unspecified atom stereocenters. The second kappa shape index (κ2) is 6.65. The molecule has 6 heteroatoms. The lowest BCUT2D eigenvalue weighted by atomic mass is 9.88. The van der Waals surface area contributed by atoms with E-state index < -0.39 is 15.8 Å². The van der Waals surface area contributed by atoms with Gasteiger partial charge >= 0.3 is 0 Å². The van der Waals surface area contributed by atoms with Crippen LogP contribution >= 0.6 is 0 Å². The van der Waals surface area contributed by atoms with Crippen LogP contribution in [0.15, 0.2) is 23.1 Å². The highest BCUT2D eigenvalue weighted by atomic mass is 32.2. The molecule has 0 saturated heterocycles. The Morgan fingerprint density at radius 2 is 2.00 bits per heavy atom. The second-order valence-corrected chi connectivity index (χ2v) is 7.53. The van der Waals surface area contributed by atoms with Crippen LogP contribution in [0.2, 0.25) is 0 Å². The Hall–Kier alpha value is -0.980. The van der Waals surface area contributed by atoms with Gasteiger partial charge in [0.05, 0.1) is 4.90 Å². The molecule has 0 bridgehead atoms. The molecule has 1 aromatic carbocycles. The number of halogens is 1. The fraction of sp³-hybridized carbons (Fsp3) is 0.571. The minimum Gasteiger partial charge on any atom is -0.330 e. The predicted octanol–water partition coefficient (Wildman–Crippen LogP) is 2.18. The van der Waals surface area contributed by atoms with E-state index in [4.69, 9.17) is 5.73 Å². The number of rotatable bonds is 7. The highest BCUT2D eigenvalue weighted by Crippen LogP contribution is 2.22. The lowest BCUT2D eigenvalue weighted by Crippen LogP contribution is -2.34. The molecule has 0 atom stereocenters. The molecular weight excluding hydrogens is 279 g/mol.